The number of benzene rings is 1. The minimum absolute atomic E-state index is 0.133. The van der Waals surface area contributed by atoms with Crippen molar-refractivity contribution in [2.75, 3.05) is 12.4 Å². The van der Waals surface area contributed by atoms with E-state index in [0.29, 0.717) is 11.4 Å². The van der Waals surface area contributed by atoms with Gasteiger partial charge in [0.1, 0.15) is 12.3 Å². The number of rotatable bonds is 5. The maximum atomic E-state index is 11.9. The fourth-order valence-corrected chi connectivity index (χ4v) is 1.87. The number of hydrogen-bond acceptors (Lipinski definition) is 3. The molecule has 2 rings (SSSR count). The Labute approximate surface area is 117 Å². The summed E-state index contributed by atoms with van der Waals surface area (Å²) in [6.45, 7) is 1.89. The molecular weight excluding hydrogens is 256 g/mol. The fraction of sp³-hybridized carbons (Fsp3) is 0.267. The summed E-state index contributed by atoms with van der Waals surface area (Å²) in [5, 5.41) is 12.2. The molecule has 2 N–H and O–H groups in total. The molecule has 1 unspecified atom stereocenters. The van der Waals surface area contributed by atoms with Crippen LogP contribution < -0.4 is 10.1 Å². The minimum Gasteiger partial charge on any atom is -0.497 e. The summed E-state index contributed by atoms with van der Waals surface area (Å²) in [7, 11) is 1.58. The number of carbonyl (C=O) groups excluding carboxylic acids is 1. The third-order valence-electron chi connectivity index (χ3n) is 2.94. The van der Waals surface area contributed by atoms with Crippen LogP contribution in [-0.4, -0.2) is 22.7 Å². The Kier molecular flexibility index (Phi) is 4.42. The number of nitrogens with one attached hydrogen (secondary N) is 1. The number of amides is 1. The molecule has 0 aliphatic carbocycles. The molecule has 1 amide bonds. The number of nitrogens with zero attached hydrogens (tertiary/aromatic N) is 1. The van der Waals surface area contributed by atoms with E-state index in [1.807, 2.05) is 12.1 Å². The zero-order chi connectivity index (χ0) is 14.5. The Bertz CT molecular complexity index is 590. The van der Waals surface area contributed by atoms with Crippen molar-refractivity contribution in [3.63, 3.8) is 0 Å². The van der Waals surface area contributed by atoms with Gasteiger partial charge in [-0.25, -0.2) is 0 Å². The quantitative estimate of drug-likeness (QED) is 0.878. The van der Waals surface area contributed by atoms with Crippen LogP contribution in [0.2, 0.25) is 0 Å². The lowest BCUT2D eigenvalue weighted by Gasteiger charge is -2.07. The lowest BCUT2D eigenvalue weighted by molar-refractivity contribution is -0.116. The summed E-state index contributed by atoms with van der Waals surface area (Å²) in [6, 6.07) is 8.99. The van der Waals surface area contributed by atoms with Crippen LogP contribution >= 0.6 is 0 Å². The highest BCUT2D eigenvalue weighted by Crippen LogP contribution is 2.17. The molecule has 20 heavy (non-hydrogen) atoms. The summed E-state index contributed by atoms with van der Waals surface area (Å²) >= 11 is 0. The van der Waals surface area contributed by atoms with Crippen LogP contribution in [0.15, 0.2) is 42.7 Å². The van der Waals surface area contributed by atoms with Crippen LogP contribution in [0, 0.1) is 0 Å². The number of hydrogen-bond donors (Lipinski definition) is 2. The lowest BCUT2D eigenvalue weighted by Crippen LogP contribution is -2.17. The number of aromatic nitrogens is 1. The number of ether oxygens (including phenoxy) is 1. The molecule has 0 aliphatic heterocycles. The second-order valence-corrected chi connectivity index (χ2v) is 4.57. The van der Waals surface area contributed by atoms with Crippen molar-refractivity contribution < 1.29 is 14.6 Å². The number of carbonyl (C=O) groups is 1. The van der Waals surface area contributed by atoms with E-state index < -0.39 is 6.10 Å². The van der Waals surface area contributed by atoms with E-state index in [1.54, 1.807) is 49.2 Å². The van der Waals surface area contributed by atoms with Gasteiger partial charge in [0.15, 0.2) is 0 Å². The van der Waals surface area contributed by atoms with Gasteiger partial charge in [0.05, 0.1) is 13.2 Å². The molecule has 0 saturated carbocycles. The number of aliphatic hydroxyl groups is 1. The van der Waals surface area contributed by atoms with Crippen LogP contribution in [0.4, 0.5) is 5.69 Å². The molecular formula is C15H18N2O3. The number of aliphatic hydroxyl groups excluding tert-OH is 1. The Morgan fingerprint density at radius 2 is 2.25 bits per heavy atom. The van der Waals surface area contributed by atoms with Gasteiger partial charge in [-0.05, 0) is 30.7 Å². The van der Waals surface area contributed by atoms with E-state index in [2.05, 4.69) is 5.32 Å². The summed E-state index contributed by atoms with van der Waals surface area (Å²) in [6.07, 6.45) is 3.00. The molecule has 1 aromatic heterocycles. The molecule has 0 bridgehead atoms. The smallest absolute Gasteiger partial charge is 0.244 e. The number of methoxy groups -OCH3 is 1. The first-order valence-corrected chi connectivity index (χ1v) is 6.36. The molecule has 0 spiro atoms. The van der Waals surface area contributed by atoms with E-state index in [4.69, 9.17) is 4.74 Å². The highest BCUT2D eigenvalue weighted by molar-refractivity contribution is 5.90. The lowest BCUT2D eigenvalue weighted by atomic mass is 10.2. The average Bonchev–Trinajstić information content (AvgIpc) is 2.87. The molecule has 5 heteroatoms. The topological polar surface area (TPSA) is 63.5 Å². The predicted octanol–water partition coefficient (Wildman–Crippen LogP) is 2.19. The van der Waals surface area contributed by atoms with Gasteiger partial charge in [-0.1, -0.05) is 6.07 Å². The molecule has 106 valence electrons. The largest absolute Gasteiger partial charge is 0.497 e. The summed E-state index contributed by atoms with van der Waals surface area (Å²) in [4.78, 5) is 11.9. The Morgan fingerprint density at radius 3 is 2.90 bits per heavy atom. The molecule has 0 fully saturated rings. The SMILES string of the molecule is COc1cccc(NC(=O)Cn2ccc(C(C)O)c2)c1. The standard InChI is InChI=1S/C15H18N2O3/c1-11(18)12-6-7-17(9-12)10-15(19)16-13-4-3-5-14(8-13)20-2/h3-9,11,18H,10H2,1-2H3,(H,16,19). The molecule has 1 atom stereocenters. The van der Waals surface area contributed by atoms with Crippen molar-refractivity contribution in [2.45, 2.75) is 19.6 Å². The highest BCUT2D eigenvalue weighted by atomic mass is 16.5. The summed E-state index contributed by atoms with van der Waals surface area (Å²) < 4.78 is 6.83. The second kappa shape index (κ2) is 6.25. The number of anilines is 1. The second-order valence-electron chi connectivity index (χ2n) is 4.57. The minimum atomic E-state index is -0.530. The van der Waals surface area contributed by atoms with Crippen molar-refractivity contribution in [3.8, 4) is 5.75 Å². The van der Waals surface area contributed by atoms with Crippen molar-refractivity contribution in [1.29, 1.82) is 0 Å². The van der Waals surface area contributed by atoms with Gasteiger partial charge in [0.2, 0.25) is 5.91 Å². The van der Waals surface area contributed by atoms with E-state index in [9.17, 15) is 9.90 Å². The van der Waals surface area contributed by atoms with E-state index in [1.165, 1.54) is 0 Å². The highest BCUT2D eigenvalue weighted by Gasteiger charge is 2.07. The van der Waals surface area contributed by atoms with Gasteiger partial charge in [-0.15, -0.1) is 0 Å². The maximum absolute atomic E-state index is 11.9. The molecule has 2 aromatic rings. The molecule has 1 aromatic carbocycles. The van der Waals surface area contributed by atoms with Crippen LogP contribution in [-0.2, 0) is 11.3 Å². The zero-order valence-electron chi connectivity index (χ0n) is 11.5. The van der Waals surface area contributed by atoms with Gasteiger partial charge in [0, 0.05) is 24.1 Å². The van der Waals surface area contributed by atoms with E-state index in [-0.39, 0.29) is 12.5 Å². The monoisotopic (exact) mass is 274 g/mol. The van der Waals surface area contributed by atoms with Gasteiger partial charge >= 0.3 is 0 Å². The van der Waals surface area contributed by atoms with Crippen molar-refractivity contribution in [3.05, 3.63) is 48.3 Å². The maximum Gasteiger partial charge on any atom is 0.244 e. The van der Waals surface area contributed by atoms with E-state index in [0.717, 1.165) is 5.56 Å². The summed E-state index contributed by atoms with van der Waals surface area (Å²) in [5.41, 5.74) is 1.48. The predicted molar refractivity (Wildman–Crippen MR) is 76.7 cm³/mol. The molecule has 1 heterocycles. The van der Waals surface area contributed by atoms with Crippen molar-refractivity contribution in [1.82, 2.24) is 4.57 Å². The van der Waals surface area contributed by atoms with Gasteiger partial charge in [-0.2, -0.15) is 0 Å². The first-order chi connectivity index (χ1) is 9.58. The van der Waals surface area contributed by atoms with Crippen LogP contribution in [0.3, 0.4) is 0 Å². The fourth-order valence-electron chi connectivity index (χ4n) is 1.87. The molecule has 0 saturated heterocycles. The van der Waals surface area contributed by atoms with Gasteiger partial charge < -0.3 is 19.7 Å². The van der Waals surface area contributed by atoms with Crippen molar-refractivity contribution in [2.24, 2.45) is 0 Å². The van der Waals surface area contributed by atoms with Gasteiger partial charge in [0.25, 0.3) is 0 Å². The normalized spacial score (nSPS) is 11.9. The Morgan fingerprint density at radius 1 is 1.45 bits per heavy atom. The Balaban J connectivity index is 1.97. The van der Waals surface area contributed by atoms with Crippen molar-refractivity contribution >= 4 is 11.6 Å². The molecule has 0 radical (unpaired) electrons. The summed E-state index contributed by atoms with van der Waals surface area (Å²) in [5.74, 6) is 0.561. The zero-order valence-corrected chi connectivity index (χ0v) is 11.5. The molecule has 5 nitrogen and oxygen atoms in total. The van der Waals surface area contributed by atoms with Crippen LogP contribution in [0.5, 0.6) is 5.75 Å². The van der Waals surface area contributed by atoms with Crippen LogP contribution in [0.25, 0.3) is 0 Å². The first-order valence-electron chi connectivity index (χ1n) is 6.36. The van der Waals surface area contributed by atoms with Gasteiger partial charge in [-0.3, -0.25) is 4.79 Å². The Hall–Kier alpha value is -2.27. The van der Waals surface area contributed by atoms with E-state index >= 15 is 0 Å². The first kappa shape index (κ1) is 14.1. The average molecular weight is 274 g/mol. The van der Waals surface area contributed by atoms with Crippen LogP contribution in [0.1, 0.15) is 18.6 Å². The third kappa shape index (κ3) is 3.61. The third-order valence-corrected chi connectivity index (χ3v) is 2.94. The molecule has 0 aliphatic rings.